The van der Waals surface area contributed by atoms with E-state index >= 15 is 0 Å². The molecule has 1 aromatic heterocycles. The van der Waals surface area contributed by atoms with Gasteiger partial charge in [-0.3, -0.25) is 9.59 Å². The second-order valence-electron chi connectivity index (χ2n) is 5.99. The number of fused-ring (bicyclic) bond motifs is 1. The van der Waals surface area contributed by atoms with Crippen LogP contribution in [0.15, 0.2) is 30.7 Å². The second-order valence-corrected chi connectivity index (χ2v) is 5.99. The highest BCUT2D eigenvalue weighted by atomic mass is 16.5. The lowest BCUT2D eigenvalue weighted by atomic mass is 9.94. The van der Waals surface area contributed by atoms with Crippen molar-refractivity contribution < 1.29 is 19.4 Å². The lowest BCUT2D eigenvalue weighted by Crippen LogP contribution is -2.13. The molecule has 0 fully saturated rings. The quantitative estimate of drug-likeness (QED) is 0.790. The summed E-state index contributed by atoms with van der Waals surface area (Å²) in [6.45, 7) is 2.92. The first-order valence-electron chi connectivity index (χ1n) is 8.09. The molecular weight excluding hydrogens is 308 g/mol. The Balaban J connectivity index is 1.83. The monoisotopic (exact) mass is 328 g/mol. The normalized spacial score (nSPS) is 14.0. The number of nitrogens with zero attached hydrogens (tertiary/aromatic N) is 2. The summed E-state index contributed by atoms with van der Waals surface area (Å²) in [5.74, 6) is -0.244. The highest BCUT2D eigenvalue weighted by molar-refractivity contribution is 5.93. The summed E-state index contributed by atoms with van der Waals surface area (Å²) in [7, 11) is 0. The van der Waals surface area contributed by atoms with Gasteiger partial charge in [-0.05, 0) is 17.2 Å². The van der Waals surface area contributed by atoms with Crippen molar-refractivity contribution in [1.82, 2.24) is 9.55 Å². The van der Waals surface area contributed by atoms with Crippen molar-refractivity contribution in [3.05, 3.63) is 47.5 Å². The van der Waals surface area contributed by atoms with Gasteiger partial charge in [-0.25, -0.2) is 4.98 Å². The minimum atomic E-state index is -0.855. The van der Waals surface area contributed by atoms with Crippen molar-refractivity contribution in [2.45, 2.75) is 38.6 Å². The standard InChI is InChI=1S/C18H20N2O4/c1-2-16(21)15-10-20(11-19-15)9-14(8-18(22)23)13-4-3-12-5-6-24-17(12)7-13/h3-4,7,10-11,14H,2,5-6,8-9H2,1H3,(H,22,23). The van der Waals surface area contributed by atoms with Crippen molar-refractivity contribution in [3.8, 4) is 5.75 Å². The molecule has 1 aliphatic rings. The number of ketones is 1. The molecule has 1 N–H and O–H groups in total. The van der Waals surface area contributed by atoms with Crippen LogP contribution in [0.5, 0.6) is 5.75 Å². The molecule has 6 heteroatoms. The molecule has 6 nitrogen and oxygen atoms in total. The molecule has 1 unspecified atom stereocenters. The van der Waals surface area contributed by atoms with Crippen molar-refractivity contribution >= 4 is 11.8 Å². The Kier molecular flexibility index (Phi) is 4.64. The Morgan fingerprint density at radius 2 is 2.25 bits per heavy atom. The van der Waals surface area contributed by atoms with Crippen LogP contribution in [0, 0.1) is 0 Å². The molecule has 3 rings (SSSR count). The zero-order valence-corrected chi connectivity index (χ0v) is 13.6. The third-order valence-electron chi connectivity index (χ3n) is 4.28. The largest absolute Gasteiger partial charge is 0.493 e. The number of hydrogen-bond acceptors (Lipinski definition) is 4. The molecule has 24 heavy (non-hydrogen) atoms. The molecule has 0 spiro atoms. The van der Waals surface area contributed by atoms with Gasteiger partial charge in [0.2, 0.25) is 0 Å². The molecule has 0 aliphatic carbocycles. The molecule has 126 valence electrons. The van der Waals surface area contributed by atoms with E-state index in [1.54, 1.807) is 24.0 Å². The maximum Gasteiger partial charge on any atom is 0.304 e. The zero-order chi connectivity index (χ0) is 17.1. The molecule has 0 amide bonds. The predicted molar refractivity (Wildman–Crippen MR) is 87.5 cm³/mol. The first-order chi connectivity index (χ1) is 11.6. The van der Waals surface area contributed by atoms with Crippen LogP contribution < -0.4 is 4.74 Å². The number of hydrogen-bond donors (Lipinski definition) is 1. The first kappa shape index (κ1) is 16.2. The summed E-state index contributed by atoms with van der Waals surface area (Å²) in [5.41, 5.74) is 2.50. The fraction of sp³-hybridized carbons (Fsp3) is 0.389. The minimum absolute atomic E-state index is 0.00796. The van der Waals surface area contributed by atoms with E-state index in [-0.39, 0.29) is 18.1 Å². The van der Waals surface area contributed by atoms with E-state index < -0.39 is 5.97 Å². The number of carboxylic acids is 1. The van der Waals surface area contributed by atoms with Gasteiger partial charge in [0.05, 0.1) is 19.4 Å². The maximum absolute atomic E-state index is 11.7. The average molecular weight is 328 g/mol. The van der Waals surface area contributed by atoms with Crippen molar-refractivity contribution in [3.63, 3.8) is 0 Å². The number of benzene rings is 1. The van der Waals surface area contributed by atoms with Gasteiger partial charge >= 0.3 is 5.97 Å². The van der Waals surface area contributed by atoms with Gasteiger partial charge in [-0.1, -0.05) is 19.1 Å². The van der Waals surface area contributed by atoms with Gasteiger partial charge in [0.15, 0.2) is 5.78 Å². The van der Waals surface area contributed by atoms with Gasteiger partial charge in [0, 0.05) is 31.5 Å². The van der Waals surface area contributed by atoms with E-state index in [1.165, 1.54) is 0 Å². The summed E-state index contributed by atoms with van der Waals surface area (Å²) >= 11 is 0. The van der Waals surface area contributed by atoms with Crippen LogP contribution in [-0.2, 0) is 17.8 Å². The number of carbonyl (C=O) groups is 2. The Bertz CT molecular complexity index is 766. The molecule has 2 heterocycles. The molecule has 0 bridgehead atoms. The molecule has 0 radical (unpaired) electrons. The number of carbonyl (C=O) groups excluding carboxylic acids is 1. The van der Waals surface area contributed by atoms with Gasteiger partial charge in [-0.15, -0.1) is 0 Å². The summed E-state index contributed by atoms with van der Waals surface area (Å²) < 4.78 is 7.37. The van der Waals surface area contributed by atoms with Crippen LogP contribution in [-0.4, -0.2) is 33.0 Å². The number of Topliss-reactive ketones (excluding diaryl/α,β-unsaturated/α-hetero) is 1. The zero-order valence-electron chi connectivity index (χ0n) is 13.6. The fourth-order valence-electron chi connectivity index (χ4n) is 2.98. The summed E-state index contributed by atoms with van der Waals surface area (Å²) in [5, 5.41) is 9.24. The number of rotatable bonds is 7. The Labute approximate surface area is 140 Å². The number of imidazole rings is 1. The van der Waals surface area contributed by atoms with E-state index in [4.69, 9.17) is 4.74 Å². The lowest BCUT2D eigenvalue weighted by molar-refractivity contribution is -0.137. The topological polar surface area (TPSA) is 81.4 Å². The Morgan fingerprint density at radius 1 is 1.42 bits per heavy atom. The highest BCUT2D eigenvalue weighted by Crippen LogP contribution is 2.31. The van der Waals surface area contributed by atoms with Crippen LogP contribution >= 0.6 is 0 Å². The number of aromatic nitrogens is 2. The predicted octanol–water partition coefficient (Wildman–Crippen LogP) is 2.67. The fourth-order valence-corrected chi connectivity index (χ4v) is 2.98. The third kappa shape index (κ3) is 3.48. The van der Waals surface area contributed by atoms with Crippen LogP contribution in [0.4, 0.5) is 0 Å². The summed E-state index contributed by atoms with van der Waals surface area (Å²) in [6.07, 6.45) is 4.57. The number of carboxylic acid groups (broad SMARTS) is 1. The molecule has 0 saturated carbocycles. The molecule has 0 saturated heterocycles. The smallest absolute Gasteiger partial charge is 0.304 e. The average Bonchev–Trinajstić information content (AvgIpc) is 3.21. The molecule has 1 aliphatic heterocycles. The highest BCUT2D eigenvalue weighted by Gasteiger charge is 2.20. The van der Waals surface area contributed by atoms with Crippen molar-refractivity contribution in [1.29, 1.82) is 0 Å². The van der Waals surface area contributed by atoms with E-state index in [0.29, 0.717) is 25.3 Å². The minimum Gasteiger partial charge on any atom is -0.493 e. The van der Waals surface area contributed by atoms with Crippen molar-refractivity contribution in [2.75, 3.05) is 6.61 Å². The molecule has 2 aromatic rings. The lowest BCUT2D eigenvalue weighted by Gasteiger charge is -2.17. The van der Waals surface area contributed by atoms with E-state index in [9.17, 15) is 14.7 Å². The first-order valence-corrected chi connectivity index (χ1v) is 8.09. The number of aliphatic carboxylic acids is 1. The molecule has 1 atom stereocenters. The van der Waals surface area contributed by atoms with Gasteiger partial charge < -0.3 is 14.4 Å². The van der Waals surface area contributed by atoms with E-state index in [2.05, 4.69) is 4.98 Å². The summed E-state index contributed by atoms with van der Waals surface area (Å²) in [4.78, 5) is 27.1. The molecule has 1 aromatic carbocycles. The van der Waals surface area contributed by atoms with Crippen LogP contribution in [0.1, 0.15) is 47.3 Å². The Morgan fingerprint density at radius 3 is 3.00 bits per heavy atom. The second kappa shape index (κ2) is 6.86. The Hall–Kier alpha value is -2.63. The SMILES string of the molecule is CCC(=O)c1cn(CC(CC(=O)O)c2ccc3c(c2)OCC3)cn1. The van der Waals surface area contributed by atoms with Crippen LogP contribution in [0.2, 0.25) is 0 Å². The van der Waals surface area contributed by atoms with E-state index in [0.717, 1.165) is 23.3 Å². The van der Waals surface area contributed by atoms with Crippen LogP contribution in [0.3, 0.4) is 0 Å². The van der Waals surface area contributed by atoms with Crippen molar-refractivity contribution in [2.24, 2.45) is 0 Å². The maximum atomic E-state index is 11.7. The van der Waals surface area contributed by atoms with Gasteiger partial charge in [0.25, 0.3) is 0 Å². The number of ether oxygens (including phenoxy) is 1. The van der Waals surface area contributed by atoms with E-state index in [1.807, 2.05) is 18.2 Å². The van der Waals surface area contributed by atoms with Gasteiger partial charge in [-0.2, -0.15) is 0 Å². The molecular formula is C18H20N2O4. The third-order valence-corrected chi connectivity index (χ3v) is 4.28. The van der Waals surface area contributed by atoms with Crippen LogP contribution in [0.25, 0.3) is 0 Å². The van der Waals surface area contributed by atoms with Gasteiger partial charge in [0.1, 0.15) is 11.4 Å². The summed E-state index contributed by atoms with van der Waals surface area (Å²) in [6, 6.07) is 5.91.